The van der Waals surface area contributed by atoms with Crippen molar-refractivity contribution in [2.24, 2.45) is 0 Å². The second-order valence-electron chi connectivity index (χ2n) is 5.40. The summed E-state index contributed by atoms with van der Waals surface area (Å²) in [6.07, 6.45) is 3.21. The van der Waals surface area contributed by atoms with Gasteiger partial charge < -0.3 is 5.11 Å². The van der Waals surface area contributed by atoms with E-state index in [0.29, 0.717) is 5.56 Å². The molecule has 21 heavy (non-hydrogen) atoms. The molecular formula is C18H17BrO2. The van der Waals surface area contributed by atoms with Crippen LogP contribution < -0.4 is 0 Å². The van der Waals surface area contributed by atoms with E-state index >= 15 is 0 Å². The largest absolute Gasteiger partial charge is 0.478 e. The van der Waals surface area contributed by atoms with Crippen molar-refractivity contribution in [3.63, 3.8) is 0 Å². The summed E-state index contributed by atoms with van der Waals surface area (Å²) in [6, 6.07) is 13.9. The quantitative estimate of drug-likeness (QED) is 0.607. The number of aromatic carboxylic acids is 1. The number of rotatable bonds is 5. The Balaban J connectivity index is 2.11. The Labute approximate surface area is 132 Å². The molecule has 0 bridgehead atoms. The fourth-order valence-corrected chi connectivity index (χ4v) is 3.70. The van der Waals surface area contributed by atoms with Gasteiger partial charge in [-0.1, -0.05) is 58.7 Å². The molecule has 108 valence electrons. The Bertz CT molecular complexity index is 679. The minimum atomic E-state index is -0.829. The minimum Gasteiger partial charge on any atom is -0.478 e. The number of hydrogen-bond acceptors (Lipinski definition) is 1. The summed E-state index contributed by atoms with van der Waals surface area (Å²) in [7, 11) is 0. The average Bonchev–Trinajstić information content (AvgIpc) is 2.82. The molecule has 0 heterocycles. The Hall–Kier alpha value is -1.61. The summed E-state index contributed by atoms with van der Waals surface area (Å²) >= 11 is 3.47. The summed E-state index contributed by atoms with van der Waals surface area (Å²) in [6.45, 7) is 0. The molecule has 3 heteroatoms. The molecule has 3 rings (SSSR count). The van der Waals surface area contributed by atoms with Crippen molar-refractivity contribution in [3.8, 4) is 11.1 Å². The lowest BCUT2D eigenvalue weighted by Gasteiger charge is -2.15. The van der Waals surface area contributed by atoms with E-state index in [9.17, 15) is 9.90 Å². The predicted octanol–water partition coefficient (Wildman–Crippen LogP) is 5.06. The van der Waals surface area contributed by atoms with Crippen LogP contribution in [0.2, 0.25) is 0 Å². The molecule has 1 N–H and O–H groups in total. The standard InChI is InChI=1S/C18H17BrO2/c19-11-4-3-8-14-12-6-1-2-7-13(12)15-9-5-10-16(17(14)15)18(20)21/h1-2,5-7,9-10,14H,3-4,8,11H2,(H,20,21). The number of benzene rings is 2. The number of carboxylic acids is 1. The first-order valence-corrected chi connectivity index (χ1v) is 8.37. The lowest BCUT2D eigenvalue weighted by Crippen LogP contribution is -2.06. The summed E-state index contributed by atoms with van der Waals surface area (Å²) < 4.78 is 0. The highest BCUT2D eigenvalue weighted by molar-refractivity contribution is 9.09. The molecule has 0 saturated heterocycles. The van der Waals surface area contributed by atoms with Gasteiger partial charge in [0.1, 0.15) is 0 Å². The number of hydrogen-bond donors (Lipinski definition) is 1. The Morgan fingerprint density at radius 3 is 2.57 bits per heavy atom. The third kappa shape index (κ3) is 2.51. The zero-order valence-corrected chi connectivity index (χ0v) is 13.3. The molecule has 2 nitrogen and oxygen atoms in total. The maximum Gasteiger partial charge on any atom is 0.336 e. The molecule has 2 aromatic rings. The van der Waals surface area contributed by atoms with Crippen molar-refractivity contribution < 1.29 is 9.90 Å². The molecule has 0 spiro atoms. The normalized spacial score (nSPS) is 15.6. The molecule has 0 radical (unpaired) electrons. The highest BCUT2D eigenvalue weighted by atomic mass is 79.9. The molecule has 0 aromatic heterocycles. The average molecular weight is 345 g/mol. The van der Waals surface area contributed by atoms with E-state index < -0.39 is 5.97 Å². The molecule has 0 amide bonds. The van der Waals surface area contributed by atoms with Crippen LogP contribution in [0.3, 0.4) is 0 Å². The maximum atomic E-state index is 11.6. The zero-order chi connectivity index (χ0) is 14.8. The predicted molar refractivity (Wildman–Crippen MR) is 88.3 cm³/mol. The molecule has 1 unspecified atom stereocenters. The first-order chi connectivity index (χ1) is 10.2. The van der Waals surface area contributed by atoms with Crippen LogP contribution in [0.4, 0.5) is 0 Å². The van der Waals surface area contributed by atoms with Gasteiger partial charge in [0.2, 0.25) is 0 Å². The molecular weight excluding hydrogens is 328 g/mol. The number of unbranched alkanes of at least 4 members (excludes halogenated alkanes) is 1. The van der Waals surface area contributed by atoms with Crippen LogP contribution in [-0.4, -0.2) is 16.4 Å². The monoisotopic (exact) mass is 344 g/mol. The fraction of sp³-hybridized carbons (Fsp3) is 0.278. The number of carboxylic acid groups (broad SMARTS) is 1. The van der Waals surface area contributed by atoms with E-state index in [-0.39, 0.29) is 5.92 Å². The second kappa shape index (κ2) is 6.02. The van der Waals surface area contributed by atoms with Crippen molar-refractivity contribution >= 4 is 21.9 Å². The molecule has 1 atom stereocenters. The number of halogens is 1. The van der Waals surface area contributed by atoms with E-state index in [2.05, 4.69) is 28.1 Å². The van der Waals surface area contributed by atoms with Crippen LogP contribution in [0.1, 0.15) is 46.7 Å². The van der Waals surface area contributed by atoms with Crippen LogP contribution >= 0.6 is 15.9 Å². The van der Waals surface area contributed by atoms with E-state index in [1.54, 1.807) is 6.07 Å². The highest BCUT2D eigenvalue weighted by Crippen LogP contribution is 2.48. The number of fused-ring (bicyclic) bond motifs is 3. The Kier molecular flexibility index (Phi) is 4.11. The third-order valence-corrected chi connectivity index (χ3v) is 4.75. The first-order valence-electron chi connectivity index (χ1n) is 7.25. The van der Waals surface area contributed by atoms with Crippen LogP contribution in [0.25, 0.3) is 11.1 Å². The number of carbonyl (C=O) groups is 1. The van der Waals surface area contributed by atoms with Gasteiger partial charge in [-0.25, -0.2) is 4.79 Å². The zero-order valence-electron chi connectivity index (χ0n) is 11.7. The van der Waals surface area contributed by atoms with Gasteiger partial charge in [0.05, 0.1) is 5.56 Å². The molecule has 0 saturated carbocycles. The van der Waals surface area contributed by atoms with Crippen molar-refractivity contribution in [1.29, 1.82) is 0 Å². The highest BCUT2D eigenvalue weighted by Gasteiger charge is 2.31. The molecule has 1 aliphatic carbocycles. The van der Waals surface area contributed by atoms with Gasteiger partial charge in [-0.2, -0.15) is 0 Å². The summed E-state index contributed by atoms with van der Waals surface area (Å²) in [5.41, 5.74) is 5.01. The summed E-state index contributed by atoms with van der Waals surface area (Å²) in [5.74, 6) is -0.618. The van der Waals surface area contributed by atoms with Gasteiger partial charge in [0, 0.05) is 11.2 Å². The van der Waals surface area contributed by atoms with Crippen LogP contribution in [0.5, 0.6) is 0 Å². The van der Waals surface area contributed by atoms with Gasteiger partial charge in [-0.15, -0.1) is 0 Å². The molecule has 0 aliphatic heterocycles. The van der Waals surface area contributed by atoms with Gasteiger partial charge >= 0.3 is 5.97 Å². The van der Waals surface area contributed by atoms with Crippen LogP contribution in [0.15, 0.2) is 42.5 Å². The first kappa shape index (κ1) is 14.3. The van der Waals surface area contributed by atoms with Gasteiger partial charge in [-0.05, 0) is 41.2 Å². The van der Waals surface area contributed by atoms with Gasteiger partial charge in [-0.3, -0.25) is 0 Å². The topological polar surface area (TPSA) is 37.3 Å². The summed E-state index contributed by atoms with van der Waals surface area (Å²) in [4.78, 5) is 11.6. The number of alkyl halides is 1. The second-order valence-corrected chi connectivity index (χ2v) is 6.19. The maximum absolute atomic E-state index is 11.6. The molecule has 2 aromatic carbocycles. The van der Waals surface area contributed by atoms with Gasteiger partial charge in [0.15, 0.2) is 0 Å². The SMILES string of the molecule is O=C(O)c1cccc2c1C(CCCCBr)c1ccccc1-2. The van der Waals surface area contributed by atoms with Crippen molar-refractivity contribution in [2.75, 3.05) is 5.33 Å². The lowest BCUT2D eigenvalue weighted by atomic mass is 9.89. The fourth-order valence-electron chi connectivity index (χ4n) is 3.31. The van der Waals surface area contributed by atoms with Crippen LogP contribution in [-0.2, 0) is 0 Å². The van der Waals surface area contributed by atoms with E-state index in [1.165, 1.54) is 11.1 Å². The molecule has 1 aliphatic rings. The van der Waals surface area contributed by atoms with Crippen LogP contribution in [0, 0.1) is 0 Å². The minimum absolute atomic E-state index is 0.211. The Morgan fingerprint density at radius 1 is 1.05 bits per heavy atom. The van der Waals surface area contributed by atoms with E-state index in [4.69, 9.17) is 0 Å². The van der Waals surface area contributed by atoms with Crippen molar-refractivity contribution in [3.05, 3.63) is 59.2 Å². The van der Waals surface area contributed by atoms with Crippen molar-refractivity contribution in [1.82, 2.24) is 0 Å². The smallest absolute Gasteiger partial charge is 0.336 e. The summed E-state index contributed by atoms with van der Waals surface area (Å²) in [5, 5.41) is 10.5. The Morgan fingerprint density at radius 2 is 1.81 bits per heavy atom. The van der Waals surface area contributed by atoms with E-state index in [1.807, 2.05) is 24.3 Å². The third-order valence-electron chi connectivity index (χ3n) is 4.19. The van der Waals surface area contributed by atoms with Crippen molar-refractivity contribution in [2.45, 2.75) is 25.2 Å². The van der Waals surface area contributed by atoms with Gasteiger partial charge in [0.25, 0.3) is 0 Å². The lowest BCUT2D eigenvalue weighted by molar-refractivity contribution is 0.0695. The van der Waals surface area contributed by atoms with E-state index in [0.717, 1.165) is 35.7 Å². The molecule has 0 fully saturated rings.